The molecule has 0 N–H and O–H groups in total. The molecule has 0 aromatic rings. The van der Waals surface area contributed by atoms with Gasteiger partial charge in [0.05, 0.1) is 7.11 Å². The monoisotopic (exact) mass is 200 g/mol. The Balaban J connectivity index is 3.22. The molecule has 0 aliphatic rings. The highest BCUT2D eigenvalue weighted by Gasteiger charge is 2.27. The predicted molar refractivity (Wildman–Crippen MR) is 38.1 cm³/mol. The lowest BCUT2D eigenvalue weighted by molar-refractivity contribution is -0.174. The van der Waals surface area contributed by atoms with Crippen molar-refractivity contribution in [3.8, 4) is 0 Å². The van der Waals surface area contributed by atoms with E-state index in [-0.39, 0.29) is 19.4 Å². The summed E-state index contributed by atoms with van der Waals surface area (Å²) in [5.74, 6) is -0.449. The van der Waals surface area contributed by atoms with E-state index >= 15 is 0 Å². The Kier molecular flexibility index (Phi) is 5.45. The highest BCUT2D eigenvalue weighted by atomic mass is 19.4. The van der Waals surface area contributed by atoms with Crippen molar-refractivity contribution in [2.45, 2.75) is 19.0 Å². The van der Waals surface area contributed by atoms with Crippen LogP contribution in [0.1, 0.15) is 12.8 Å². The number of hydrogen-bond donors (Lipinski definition) is 0. The first kappa shape index (κ1) is 12.2. The van der Waals surface area contributed by atoms with Gasteiger partial charge in [-0.3, -0.25) is 4.79 Å². The number of methoxy groups -OCH3 is 1. The Hall–Kier alpha value is -0.780. The van der Waals surface area contributed by atoms with Gasteiger partial charge in [-0.2, -0.15) is 13.2 Å². The van der Waals surface area contributed by atoms with Crippen molar-refractivity contribution in [1.82, 2.24) is 0 Å². The van der Waals surface area contributed by atoms with Crippen molar-refractivity contribution in [1.29, 1.82) is 0 Å². The van der Waals surface area contributed by atoms with Gasteiger partial charge in [0.15, 0.2) is 0 Å². The summed E-state index contributed by atoms with van der Waals surface area (Å²) in [5, 5.41) is 0. The molecule has 0 unspecified atom stereocenters. The number of ether oxygens (including phenoxy) is 2. The third kappa shape index (κ3) is 9.13. The summed E-state index contributed by atoms with van der Waals surface area (Å²) in [7, 11) is 1.22. The van der Waals surface area contributed by atoms with Crippen molar-refractivity contribution in [3.63, 3.8) is 0 Å². The molecule has 0 spiro atoms. The molecule has 13 heavy (non-hydrogen) atoms. The third-order valence-corrected chi connectivity index (χ3v) is 1.16. The number of alkyl halides is 3. The second kappa shape index (κ2) is 5.80. The van der Waals surface area contributed by atoms with Gasteiger partial charge in [-0.25, -0.2) is 0 Å². The van der Waals surface area contributed by atoms with Crippen LogP contribution in [-0.4, -0.2) is 32.5 Å². The van der Waals surface area contributed by atoms with Crippen LogP contribution in [0, 0.1) is 0 Å². The molecule has 0 bridgehead atoms. The van der Waals surface area contributed by atoms with Gasteiger partial charge in [-0.15, -0.1) is 0 Å². The molecule has 6 heteroatoms. The normalized spacial score (nSPS) is 11.4. The van der Waals surface area contributed by atoms with Gasteiger partial charge in [0, 0.05) is 13.0 Å². The van der Waals surface area contributed by atoms with Gasteiger partial charge in [0.1, 0.15) is 6.61 Å². The number of carbonyl (C=O) groups is 1. The zero-order valence-electron chi connectivity index (χ0n) is 7.19. The van der Waals surface area contributed by atoms with Gasteiger partial charge >= 0.3 is 12.1 Å². The minimum atomic E-state index is -4.30. The van der Waals surface area contributed by atoms with Gasteiger partial charge in [-0.1, -0.05) is 0 Å². The minimum absolute atomic E-state index is 0.0777. The minimum Gasteiger partial charge on any atom is -0.469 e. The fraction of sp³-hybridized carbons (Fsp3) is 0.857. The number of carbonyl (C=O) groups excluding carboxylic acids is 1. The molecule has 0 heterocycles. The summed E-state index contributed by atoms with van der Waals surface area (Å²) >= 11 is 0. The highest BCUT2D eigenvalue weighted by Crippen LogP contribution is 2.14. The zero-order valence-corrected chi connectivity index (χ0v) is 7.19. The lowest BCUT2D eigenvalue weighted by atomic mass is 10.3. The maximum absolute atomic E-state index is 11.5. The summed E-state index contributed by atoms with van der Waals surface area (Å²) in [4.78, 5) is 10.5. The van der Waals surface area contributed by atoms with E-state index in [2.05, 4.69) is 9.47 Å². The summed E-state index contributed by atoms with van der Waals surface area (Å²) < 4.78 is 43.0. The lowest BCUT2D eigenvalue weighted by Crippen LogP contribution is -2.17. The average molecular weight is 200 g/mol. The first-order valence-electron chi connectivity index (χ1n) is 3.67. The first-order valence-corrected chi connectivity index (χ1v) is 3.67. The standard InChI is InChI=1S/C7H11F3O3/c1-12-6(11)3-2-4-13-5-7(8,9)10/h2-5H2,1H3. The topological polar surface area (TPSA) is 35.5 Å². The van der Waals surface area contributed by atoms with E-state index in [1.165, 1.54) is 7.11 Å². The third-order valence-electron chi connectivity index (χ3n) is 1.16. The van der Waals surface area contributed by atoms with Crippen molar-refractivity contribution >= 4 is 5.97 Å². The molecule has 0 aliphatic heterocycles. The van der Waals surface area contributed by atoms with Crippen LogP contribution in [0.4, 0.5) is 13.2 Å². The van der Waals surface area contributed by atoms with Crippen molar-refractivity contribution in [2.75, 3.05) is 20.3 Å². The van der Waals surface area contributed by atoms with Gasteiger partial charge < -0.3 is 9.47 Å². The van der Waals surface area contributed by atoms with Crippen molar-refractivity contribution in [3.05, 3.63) is 0 Å². The summed E-state index contributed by atoms with van der Waals surface area (Å²) in [6, 6.07) is 0. The van der Waals surface area contributed by atoms with Gasteiger partial charge in [0.2, 0.25) is 0 Å². The Morgan fingerprint density at radius 1 is 1.38 bits per heavy atom. The summed E-state index contributed by atoms with van der Waals surface area (Å²) in [6.07, 6.45) is -3.98. The molecule has 0 aromatic carbocycles. The van der Waals surface area contributed by atoms with Crippen LogP contribution >= 0.6 is 0 Å². The average Bonchev–Trinajstić information content (AvgIpc) is 2.01. The SMILES string of the molecule is COC(=O)CCCOCC(F)(F)F. The number of halogens is 3. The second-order valence-corrected chi connectivity index (χ2v) is 2.35. The molecule has 0 saturated carbocycles. The molecular weight excluding hydrogens is 189 g/mol. The molecule has 0 aliphatic carbocycles. The van der Waals surface area contributed by atoms with E-state index < -0.39 is 18.8 Å². The molecule has 0 radical (unpaired) electrons. The van der Waals surface area contributed by atoms with Crippen LogP contribution in [0.5, 0.6) is 0 Å². The smallest absolute Gasteiger partial charge is 0.411 e. The lowest BCUT2D eigenvalue weighted by Gasteiger charge is -2.06. The molecule has 0 fully saturated rings. The number of rotatable bonds is 5. The molecular formula is C7H11F3O3. The van der Waals surface area contributed by atoms with Crippen LogP contribution in [-0.2, 0) is 14.3 Å². The molecule has 3 nitrogen and oxygen atoms in total. The van der Waals surface area contributed by atoms with Crippen LogP contribution in [0.2, 0.25) is 0 Å². The zero-order chi connectivity index (χ0) is 10.3. The van der Waals surface area contributed by atoms with Crippen LogP contribution in [0.25, 0.3) is 0 Å². The fourth-order valence-electron chi connectivity index (χ4n) is 0.609. The van der Waals surface area contributed by atoms with E-state index in [4.69, 9.17) is 0 Å². The fourth-order valence-corrected chi connectivity index (χ4v) is 0.609. The predicted octanol–water partition coefficient (Wildman–Crippen LogP) is 1.52. The molecule has 0 aromatic heterocycles. The molecule has 0 rings (SSSR count). The maximum Gasteiger partial charge on any atom is 0.411 e. The van der Waals surface area contributed by atoms with E-state index in [1.54, 1.807) is 0 Å². The van der Waals surface area contributed by atoms with E-state index in [0.717, 1.165) is 0 Å². The summed E-state index contributed by atoms with van der Waals surface area (Å²) in [6.45, 7) is -1.36. The Bertz CT molecular complexity index is 156. The van der Waals surface area contributed by atoms with E-state index in [0.29, 0.717) is 0 Å². The Labute approximate surface area is 73.8 Å². The second-order valence-electron chi connectivity index (χ2n) is 2.35. The van der Waals surface area contributed by atoms with E-state index in [1.807, 2.05) is 0 Å². The Morgan fingerprint density at radius 2 is 2.00 bits per heavy atom. The molecule has 0 atom stereocenters. The summed E-state index contributed by atoms with van der Waals surface area (Å²) in [5.41, 5.74) is 0. The van der Waals surface area contributed by atoms with Crippen LogP contribution in [0.15, 0.2) is 0 Å². The van der Waals surface area contributed by atoms with Crippen molar-refractivity contribution in [2.24, 2.45) is 0 Å². The molecule has 0 saturated heterocycles. The Morgan fingerprint density at radius 3 is 2.46 bits per heavy atom. The molecule has 0 amide bonds. The maximum atomic E-state index is 11.5. The van der Waals surface area contributed by atoms with Crippen LogP contribution in [0.3, 0.4) is 0 Å². The first-order chi connectivity index (χ1) is 5.95. The van der Waals surface area contributed by atoms with Gasteiger partial charge in [-0.05, 0) is 6.42 Å². The van der Waals surface area contributed by atoms with Crippen molar-refractivity contribution < 1.29 is 27.4 Å². The highest BCUT2D eigenvalue weighted by molar-refractivity contribution is 5.68. The quantitative estimate of drug-likeness (QED) is 0.498. The van der Waals surface area contributed by atoms with Crippen LogP contribution < -0.4 is 0 Å². The van der Waals surface area contributed by atoms with E-state index in [9.17, 15) is 18.0 Å². The molecule has 78 valence electrons. The van der Waals surface area contributed by atoms with Gasteiger partial charge in [0.25, 0.3) is 0 Å². The largest absolute Gasteiger partial charge is 0.469 e. The number of hydrogen-bond acceptors (Lipinski definition) is 3. The number of esters is 1.